The van der Waals surface area contributed by atoms with Gasteiger partial charge in [0.25, 0.3) is 0 Å². The molecule has 1 heterocycles. The van der Waals surface area contributed by atoms with E-state index in [4.69, 9.17) is 14.2 Å². The summed E-state index contributed by atoms with van der Waals surface area (Å²) in [5.41, 5.74) is 0.919. The number of hydrogen-bond donors (Lipinski definition) is 2. The third-order valence-corrected chi connectivity index (χ3v) is 4.29. The van der Waals surface area contributed by atoms with Crippen molar-refractivity contribution in [2.24, 2.45) is 5.92 Å². The molecule has 0 spiro atoms. The van der Waals surface area contributed by atoms with Crippen LogP contribution in [0.5, 0.6) is 11.5 Å². The highest BCUT2D eigenvalue weighted by atomic mass is 16.5. The third-order valence-electron chi connectivity index (χ3n) is 4.29. The predicted octanol–water partition coefficient (Wildman–Crippen LogP) is 2.92. The molecule has 1 aromatic rings. The number of carbonyl (C=O) groups excluding carboxylic acids is 2. The molecule has 2 amide bonds. The standard InChI is InChI=1S/C19H26N2O5/c1-5-6-7-10-26-18(22)16-12(2)20-19(23)21-17(16)14-11-13(24-3)8-9-15(14)25-4/h8-9,11,16-17H,2,5-7,10H2,1,3-4H3,(H2,20,21,23)/t16-,17+/m1/s1. The van der Waals surface area contributed by atoms with Crippen LogP contribution in [-0.4, -0.2) is 32.8 Å². The Hall–Kier alpha value is -2.70. The lowest BCUT2D eigenvalue weighted by Gasteiger charge is -2.34. The van der Waals surface area contributed by atoms with Gasteiger partial charge in [0.1, 0.15) is 17.4 Å². The van der Waals surface area contributed by atoms with Gasteiger partial charge in [-0.15, -0.1) is 0 Å². The van der Waals surface area contributed by atoms with Crippen molar-refractivity contribution in [2.75, 3.05) is 20.8 Å². The van der Waals surface area contributed by atoms with E-state index < -0.39 is 24.0 Å². The van der Waals surface area contributed by atoms with E-state index in [1.54, 1.807) is 25.3 Å². The second-order valence-electron chi connectivity index (χ2n) is 6.06. The van der Waals surface area contributed by atoms with Gasteiger partial charge in [0.2, 0.25) is 0 Å². The van der Waals surface area contributed by atoms with Gasteiger partial charge in [0.05, 0.1) is 26.9 Å². The SMILES string of the molecule is C=C1NC(=O)N[C@@H](c2cc(OC)ccc2OC)[C@@H]1C(=O)OCCCCC. The van der Waals surface area contributed by atoms with Gasteiger partial charge in [-0.1, -0.05) is 26.3 Å². The summed E-state index contributed by atoms with van der Waals surface area (Å²) in [7, 11) is 3.08. The van der Waals surface area contributed by atoms with Crippen LogP contribution in [0.4, 0.5) is 4.79 Å². The average molecular weight is 362 g/mol. The molecule has 7 heteroatoms. The van der Waals surface area contributed by atoms with Crippen LogP contribution in [0.2, 0.25) is 0 Å². The lowest BCUT2D eigenvalue weighted by atomic mass is 9.88. The Kier molecular flexibility index (Phi) is 6.89. The Labute approximate surface area is 153 Å². The third kappa shape index (κ3) is 4.47. The molecule has 1 fully saturated rings. The second-order valence-corrected chi connectivity index (χ2v) is 6.06. The number of ether oxygens (including phenoxy) is 3. The number of urea groups is 1. The number of methoxy groups -OCH3 is 2. The van der Waals surface area contributed by atoms with Gasteiger partial charge in [-0.25, -0.2) is 4.79 Å². The summed E-state index contributed by atoms with van der Waals surface area (Å²) >= 11 is 0. The van der Waals surface area contributed by atoms with E-state index in [9.17, 15) is 9.59 Å². The van der Waals surface area contributed by atoms with Crippen molar-refractivity contribution in [3.63, 3.8) is 0 Å². The van der Waals surface area contributed by atoms with Gasteiger partial charge in [0.15, 0.2) is 0 Å². The molecule has 2 N–H and O–H groups in total. The van der Waals surface area contributed by atoms with Gasteiger partial charge in [-0.3, -0.25) is 4.79 Å². The Morgan fingerprint density at radius 2 is 2.00 bits per heavy atom. The first kappa shape index (κ1) is 19.6. The largest absolute Gasteiger partial charge is 0.497 e. The van der Waals surface area contributed by atoms with Crippen LogP contribution in [0.3, 0.4) is 0 Å². The summed E-state index contributed by atoms with van der Waals surface area (Å²) in [5, 5.41) is 5.33. The lowest BCUT2D eigenvalue weighted by molar-refractivity contribution is -0.148. The summed E-state index contributed by atoms with van der Waals surface area (Å²) in [6.45, 7) is 6.26. The quantitative estimate of drug-likeness (QED) is 0.549. The summed E-state index contributed by atoms with van der Waals surface area (Å²) in [6.07, 6.45) is 2.82. The zero-order valence-corrected chi connectivity index (χ0v) is 15.5. The summed E-state index contributed by atoms with van der Waals surface area (Å²) in [5.74, 6) is -0.0763. The fourth-order valence-electron chi connectivity index (χ4n) is 2.92. The number of hydrogen-bond acceptors (Lipinski definition) is 5. The predicted molar refractivity (Wildman–Crippen MR) is 97.1 cm³/mol. The molecule has 2 rings (SSSR count). The first-order valence-corrected chi connectivity index (χ1v) is 8.66. The minimum Gasteiger partial charge on any atom is -0.497 e. The van der Waals surface area contributed by atoms with Crippen LogP contribution in [0, 0.1) is 5.92 Å². The maximum Gasteiger partial charge on any atom is 0.319 e. The maximum atomic E-state index is 12.7. The van der Waals surface area contributed by atoms with Gasteiger partial charge in [-0.05, 0) is 24.6 Å². The number of unbranched alkanes of at least 4 members (excludes halogenated alkanes) is 2. The lowest BCUT2D eigenvalue weighted by Crippen LogP contribution is -2.51. The maximum absolute atomic E-state index is 12.7. The molecule has 7 nitrogen and oxygen atoms in total. The van der Waals surface area contributed by atoms with Gasteiger partial charge >= 0.3 is 12.0 Å². The van der Waals surface area contributed by atoms with Crippen molar-refractivity contribution in [3.8, 4) is 11.5 Å². The number of carbonyl (C=O) groups is 2. The number of benzene rings is 1. The zero-order valence-electron chi connectivity index (χ0n) is 15.5. The number of rotatable bonds is 8. The van der Waals surface area contributed by atoms with E-state index in [0.29, 0.717) is 29.4 Å². The van der Waals surface area contributed by atoms with Crippen molar-refractivity contribution in [2.45, 2.75) is 32.2 Å². The molecular formula is C19H26N2O5. The van der Waals surface area contributed by atoms with E-state index in [2.05, 4.69) is 24.1 Å². The number of nitrogens with one attached hydrogen (secondary N) is 2. The topological polar surface area (TPSA) is 85.9 Å². The van der Waals surface area contributed by atoms with Crippen LogP contribution in [0.25, 0.3) is 0 Å². The van der Waals surface area contributed by atoms with Crippen molar-refractivity contribution in [1.29, 1.82) is 0 Å². The van der Waals surface area contributed by atoms with Crippen LogP contribution in [0.1, 0.15) is 37.8 Å². The Morgan fingerprint density at radius 3 is 2.65 bits per heavy atom. The van der Waals surface area contributed by atoms with Crippen LogP contribution in [-0.2, 0) is 9.53 Å². The van der Waals surface area contributed by atoms with Crippen molar-refractivity contribution < 1.29 is 23.8 Å². The van der Waals surface area contributed by atoms with Gasteiger partial charge in [-0.2, -0.15) is 0 Å². The minimum absolute atomic E-state index is 0.295. The van der Waals surface area contributed by atoms with Gasteiger partial charge in [0, 0.05) is 11.3 Å². The summed E-state index contributed by atoms with van der Waals surface area (Å²) in [4.78, 5) is 24.6. The summed E-state index contributed by atoms with van der Waals surface area (Å²) < 4.78 is 16.1. The highest BCUT2D eigenvalue weighted by Crippen LogP contribution is 2.37. The first-order valence-electron chi connectivity index (χ1n) is 8.66. The Morgan fingerprint density at radius 1 is 1.23 bits per heavy atom. The highest BCUT2D eigenvalue weighted by Gasteiger charge is 2.40. The fraction of sp³-hybridized carbons (Fsp3) is 0.474. The highest BCUT2D eigenvalue weighted by molar-refractivity contribution is 5.85. The molecule has 26 heavy (non-hydrogen) atoms. The molecule has 142 valence electrons. The molecule has 1 aromatic carbocycles. The van der Waals surface area contributed by atoms with Gasteiger partial charge < -0.3 is 24.8 Å². The zero-order chi connectivity index (χ0) is 19.1. The van der Waals surface area contributed by atoms with E-state index in [-0.39, 0.29) is 0 Å². The fourth-order valence-corrected chi connectivity index (χ4v) is 2.92. The van der Waals surface area contributed by atoms with E-state index in [1.807, 2.05) is 0 Å². The van der Waals surface area contributed by atoms with Crippen molar-refractivity contribution in [1.82, 2.24) is 10.6 Å². The van der Waals surface area contributed by atoms with Crippen LogP contribution >= 0.6 is 0 Å². The molecular weight excluding hydrogens is 336 g/mol. The molecule has 1 aliphatic rings. The molecule has 0 unspecified atom stereocenters. The monoisotopic (exact) mass is 362 g/mol. The Balaban J connectivity index is 2.31. The average Bonchev–Trinajstić information content (AvgIpc) is 2.63. The molecule has 0 bridgehead atoms. The number of amides is 2. The van der Waals surface area contributed by atoms with E-state index in [1.165, 1.54) is 7.11 Å². The summed E-state index contributed by atoms with van der Waals surface area (Å²) in [6, 6.07) is 4.12. The molecule has 0 radical (unpaired) electrons. The van der Waals surface area contributed by atoms with E-state index >= 15 is 0 Å². The van der Waals surface area contributed by atoms with Crippen molar-refractivity contribution in [3.05, 3.63) is 36.0 Å². The molecule has 2 atom stereocenters. The molecule has 1 saturated heterocycles. The molecule has 0 aromatic heterocycles. The minimum atomic E-state index is -0.768. The molecule has 0 aliphatic carbocycles. The normalized spacial score (nSPS) is 19.3. The first-order chi connectivity index (χ1) is 12.5. The smallest absolute Gasteiger partial charge is 0.319 e. The van der Waals surface area contributed by atoms with Crippen LogP contribution in [0.15, 0.2) is 30.5 Å². The molecule has 0 saturated carbocycles. The second kappa shape index (κ2) is 9.12. The van der Waals surface area contributed by atoms with Crippen molar-refractivity contribution >= 4 is 12.0 Å². The van der Waals surface area contributed by atoms with Crippen LogP contribution < -0.4 is 20.1 Å². The van der Waals surface area contributed by atoms with E-state index in [0.717, 1.165) is 19.3 Å². The number of esters is 1. The Bertz CT molecular complexity index is 674. The molecule has 1 aliphatic heterocycles.